The Kier molecular flexibility index (Phi) is 6.67. The van der Waals surface area contributed by atoms with Gasteiger partial charge in [-0.15, -0.1) is 0 Å². The molecule has 4 rings (SSSR count). The number of piperidine rings is 1. The Morgan fingerprint density at radius 1 is 0.969 bits per heavy atom. The first-order valence-electron chi connectivity index (χ1n) is 10.7. The van der Waals surface area contributed by atoms with Crippen LogP contribution in [0.25, 0.3) is 0 Å². The van der Waals surface area contributed by atoms with E-state index in [0.29, 0.717) is 24.7 Å². The van der Waals surface area contributed by atoms with Crippen LogP contribution in [0.5, 0.6) is 0 Å². The van der Waals surface area contributed by atoms with E-state index in [2.05, 4.69) is 11.9 Å². The van der Waals surface area contributed by atoms with Crippen LogP contribution in [-0.4, -0.2) is 36.8 Å². The zero-order valence-corrected chi connectivity index (χ0v) is 18.7. The molecule has 32 heavy (non-hydrogen) atoms. The molecule has 6 nitrogen and oxygen atoms in total. The molecule has 166 valence electrons. The molecule has 0 spiro atoms. The molecular formula is C25H26N2O4S. The van der Waals surface area contributed by atoms with Crippen LogP contribution in [0.4, 0.5) is 0 Å². The van der Waals surface area contributed by atoms with E-state index in [9.17, 15) is 13.2 Å². The third-order valence-corrected chi connectivity index (χ3v) is 7.67. The number of rotatable bonds is 6. The average molecular weight is 451 g/mol. The first-order valence-corrected chi connectivity index (χ1v) is 12.2. The lowest BCUT2D eigenvalue weighted by Gasteiger charge is -2.29. The van der Waals surface area contributed by atoms with Crippen molar-refractivity contribution < 1.29 is 17.9 Å². The Labute approximate surface area is 188 Å². The van der Waals surface area contributed by atoms with Crippen molar-refractivity contribution in [3.05, 3.63) is 95.8 Å². The van der Waals surface area contributed by atoms with Crippen molar-refractivity contribution in [2.45, 2.75) is 30.8 Å². The first kappa shape index (κ1) is 22.2. The highest BCUT2D eigenvalue weighted by molar-refractivity contribution is 7.89. The number of benzene rings is 2. The van der Waals surface area contributed by atoms with Crippen molar-refractivity contribution in [1.82, 2.24) is 9.29 Å². The summed E-state index contributed by atoms with van der Waals surface area (Å²) in [6, 6.07) is 20.8. The predicted molar refractivity (Wildman–Crippen MR) is 122 cm³/mol. The van der Waals surface area contributed by atoms with Gasteiger partial charge in [0.2, 0.25) is 10.0 Å². The van der Waals surface area contributed by atoms with Gasteiger partial charge in [0.15, 0.2) is 6.10 Å². The van der Waals surface area contributed by atoms with Gasteiger partial charge >= 0.3 is 5.97 Å². The van der Waals surface area contributed by atoms with Crippen LogP contribution in [0, 0.1) is 5.92 Å². The summed E-state index contributed by atoms with van der Waals surface area (Å²) < 4.78 is 33.2. The molecule has 7 heteroatoms. The lowest BCUT2D eigenvalue weighted by atomic mass is 10.0. The van der Waals surface area contributed by atoms with E-state index in [4.69, 9.17) is 4.74 Å². The van der Waals surface area contributed by atoms with Gasteiger partial charge in [-0.05, 0) is 60.7 Å². The fourth-order valence-corrected chi connectivity index (χ4v) is 5.24. The second-order valence-corrected chi connectivity index (χ2v) is 10.00. The van der Waals surface area contributed by atoms with Crippen molar-refractivity contribution in [1.29, 1.82) is 0 Å². The molecule has 3 aromatic rings. The van der Waals surface area contributed by atoms with Crippen LogP contribution in [0.1, 0.15) is 47.5 Å². The fraction of sp³-hybridized carbons (Fsp3) is 0.280. The summed E-state index contributed by atoms with van der Waals surface area (Å²) in [6.07, 6.45) is 2.71. The third-order valence-electron chi connectivity index (χ3n) is 5.75. The number of carbonyl (C=O) groups excluding carboxylic acids is 1. The maximum Gasteiger partial charge on any atom is 0.339 e. The van der Waals surface area contributed by atoms with Crippen LogP contribution in [0.2, 0.25) is 0 Å². The van der Waals surface area contributed by atoms with Crippen LogP contribution >= 0.6 is 0 Å². The average Bonchev–Trinajstić information content (AvgIpc) is 2.84. The standard InChI is InChI=1S/C25H26N2O4S/c1-19-14-17-27(18-15-19)32(29,30)22-12-10-21(11-13-22)25(28)31-24(20-7-3-2-4-8-20)23-9-5-6-16-26-23/h2-13,16,19,24H,14-15,17-18H2,1H3. The molecule has 0 saturated carbocycles. The van der Waals surface area contributed by atoms with Crippen molar-refractivity contribution in [3.63, 3.8) is 0 Å². The Morgan fingerprint density at radius 3 is 2.25 bits per heavy atom. The molecule has 1 fully saturated rings. The van der Waals surface area contributed by atoms with Gasteiger partial charge in [0.05, 0.1) is 16.2 Å². The minimum absolute atomic E-state index is 0.188. The van der Waals surface area contributed by atoms with Crippen LogP contribution in [0.15, 0.2) is 83.9 Å². The molecule has 1 aromatic heterocycles. The summed E-state index contributed by atoms with van der Waals surface area (Å²) >= 11 is 0. The van der Waals surface area contributed by atoms with Gasteiger partial charge in [0.25, 0.3) is 0 Å². The molecule has 0 amide bonds. The molecule has 2 aromatic carbocycles. The van der Waals surface area contributed by atoms with E-state index in [1.54, 1.807) is 18.3 Å². The summed E-state index contributed by atoms with van der Waals surface area (Å²) in [6.45, 7) is 3.18. The van der Waals surface area contributed by atoms with Gasteiger partial charge in [0, 0.05) is 19.3 Å². The Morgan fingerprint density at radius 2 is 1.62 bits per heavy atom. The predicted octanol–water partition coefficient (Wildman–Crippen LogP) is 4.45. The van der Waals surface area contributed by atoms with E-state index < -0.39 is 22.1 Å². The number of aromatic nitrogens is 1. The molecule has 1 aliphatic rings. The highest BCUT2D eigenvalue weighted by atomic mass is 32.2. The van der Waals surface area contributed by atoms with E-state index in [1.165, 1.54) is 28.6 Å². The van der Waals surface area contributed by atoms with Crippen molar-refractivity contribution in [2.75, 3.05) is 13.1 Å². The number of hydrogen-bond acceptors (Lipinski definition) is 5. The lowest BCUT2D eigenvalue weighted by molar-refractivity contribution is 0.0370. The summed E-state index contributed by atoms with van der Waals surface area (Å²) in [5.74, 6) is -0.00416. The van der Waals surface area contributed by atoms with Gasteiger partial charge in [0.1, 0.15) is 0 Å². The zero-order valence-electron chi connectivity index (χ0n) is 17.9. The highest BCUT2D eigenvalue weighted by Crippen LogP contribution is 2.27. The molecule has 2 heterocycles. The summed E-state index contributed by atoms with van der Waals surface area (Å²) in [5, 5.41) is 0. The Balaban J connectivity index is 1.53. The molecule has 1 atom stereocenters. The number of nitrogens with zero attached hydrogens (tertiary/aromatic N) is 2. The molecule has 0 N–H and O–H groups in total. The molecular weight excluding hydrogens is 424 g/mol. The van der Waals surface area contributed by atoms with Crippen molar-refractivity contribution >= 4 is 16.0 Å². The lowest BCUT2D eigenvalue weighted by Crippen LogP contribution is -2.37. The molecule has 0 radical (unpaired) electrons. The molecule has 1 saturated heterocycles. The van der Waals surface area contributed by atoms with E-state index in [1.807, 2.05) is 36.4 Å². The largest absolute Gasteiger partial charge is 0.447 e. The smallest absolute Gasteiger partial charge is 0.339 e. The van der Waals surface area contributed by atoms with Gasteiger partial charge in [-0.3, -0.25) is 4.98 Å². The van der Waals surface area contributed by atoms with E-state index in [0.717, 1.165) is 18.4 Å². The van der Waals surface area contributed by atoms with Crippen molar-refractivity contribution in [3.8, 4) is 0 Å². The van der Waals surface area contributed by atoms with Crippen LogP contribution < -0.4 is 0 Å². The normalized spacial score (nSPS) is 16.4. The molecule has 0 aliphatic carbocycles. The molecule has 1 aliphatic heterocycles. The topological polar surface area (TPSA) is 76.6 Å². The first-order chi connectivity index (χ1) is 15.4. The monoisotopic (exact) mass is 450 g/mol. The molecule has 0 bridgehead atoms. The summed E-state index contributed by atoms with van der Waals surface area (Å²) in [7, 11) is -3.57. The number of pyridine rings is 1. The van der Waals surface area contributed by atoms with Gasteiger partial charge in [-0.25, -0.2) is 13.2 Å². The minimum atomic E-state index is -3.57. The third kappa shape index (κ3) is 4.89. The van der Waals surface area contributed by atoms with Gasteiger partial charge < -0.3 is 4.74 Å². The van der Waals surface area contributed by atoms with Crippen LogP contribution in [-0.2, 0) is 14.8 Å². The number of esters is 1. The van der Waals surface area contributed by atoms with E-state index in [-0.39, 0.29) is 10.5 Å². The maximum atomic E-state index is 12.9. The van der Waals surface area contributed by atoms with E-state index >= 15 is 0 Å². The number of hydrogen-bond donors (Lipinski definition) is 0. The number of carbonyl (C=O) groups is 1. The maximum absolute atomic E-state index is 12.9. The Bertz CT molecular complexity index is 1100. The summed E-state index contributed by atoms with van der Waals surface area (Å²) in [5.41, 5.74) is 1.71. The highest BCUT2D eigenvalue weighted by Gasteiger charge is 2.28. The quantitative estimate of drug-likeness (QED) is 0.519. The number of ether oxygens (including phenoxy) is 1. The summed E-state index contributed by atoms with van der Waals surface area (Å²) in [4.78, 5) is 17.4. The molecule has 1 unspecified atom stereocenters. The Hall–Kier alpha value is -3.03. The number of sulfonamides is 1. The second-order valence-electron chi connectivity index (χ2n) is 8.06. The van der Waals surface area contributed by atoms with Gasteiger partial charge in [-0.2, -0.15) is 4.31 Å². The van der Waals surface area contributed by atoms with Crippen molar-refractivity contribution in [2.24, 2.45) is 5.92 Å². The van der Waals surface area contributed by atoms with Crippen LogP contribution in [0.3, 0.4) is 0 Å². The minimum Gasteiger partial charge on any atom is -0.447 e. The zero-order chi connectivity index (χ0) is 22.6. The van der Waals surface area contributed by atoms with Gasteiger partial charge in [-0.1, -0.05) is 43.3 Å². The fourth-order valence-electron chi connectivity index (χ4n) is 3.77. The second kappa shape index (κ2) is 9.63. The SMILES string of the molecule is CC1CCN(S(=O)(=O)c2ccc(C(=O)OC(c3ccccc3)c3ccccn3)cc2)CC1.